The second-order valence-electron chi connectivity index (χ2n) is 6.23. The minimum Gasteiger partial charge on any atom is -0.365 e. The Balaban J connectivity index is 2.02. The number of hydrogen-bond donors (Lipinski definition) is 1. The highest BCUT2D eigenvalue weighted by atomic mass is 19.1. The number of rotatable bonds is 6. The number of halogens is 4. The summed E-state index contributed by atoms with van der Waals surface area (Å²) < 4.78 is 55.1. The van der Waals surface area contributed by atoms with Crippen LogP contribution in [0, 0.1) is 23.3 Å². The fourth-order valence-electron chi connectivity index (χ4n) is 2.86. The van der Waals surface area contributed by atoms with E-state index in [1.54, 1.807) is 0 Å². The predicted octanol–water partition coefficient (Wildman–Crippen LogP) is 4.55. The Kier molecular flexibility index (Phi) is 5.63. The Labute approximate surface area is 159 Å². The first-order valence-corrected chi connectivity index (χ1v) is 8.37. The summed E-state index contributed by atoms with van der Waals surface area (Å²) in [4.78, 5) is 13.0. The lowest BCUT2D eigenvalue weighted by Crippen LogP contribution is -2.25. The van der Waals surface area contributed by atoms with Crippen LogP contribution in [0.3, 0.4) is 0 Å². The minimum atomic E-state index is -1.22. The summed E-state index contributed by atoms with van der Waals surface area (Å²) in [7, 11) is 0. The summed E-state index contributed by atoms with van der Waals surface area (Å²) in [6.07, 6.45) is 0. The summed E-state index contributed by atoms with van der Waals surface area (Å²) in [5.41, 5.74) is 5.54. The van der Waals surface area contributed by atoms with Crippen molar-refractivity contribution in [3.8, 4) is 0 Å². The van der Waals surface area contributed by atoms with Gasteiger partial charge in [-0.2, -0.15) is 0 Å². The third kappa shape index (κ3) is 4.31. The lowest BCUT2D eigenvalue weighted by Gasteiger charge is -2.26. The van der Waals surface area contributed by atoms with Crippen LogP contribution >= 0.6 is 0 Å². The monoisotopic (exact) mass is 388 g/mol. The fourth-order valence-corrected chi connectivity index (χ4v) is 2.86. The van der Waals surface area contributed by atoms with Gasteiger partial charge in [-0.05, 0) is 47.5 Å². The van der Waals surface area contributed by atoms with Gasteiger partial charge in [-0.25, -0.2) is 17.6 Å². The van der Waals surface area contributed by atoms with Crippen LogP contribution in [0.1, 0.15) is 21.5 Å². The van der Waals surface area contributed by atoms with E-state index in [2.05, 4.69) is 0 Å². The molecule has 3 nitrogen and oxygen atoms in total. The van der Waals surface area contributed by atoms with E-state index in [1.165, 1.54) is 59.5 Å². The van der Waals surface area contributed by atoms with Crippen LogP contribution in [0.15, 0.2) is 60.7 Å². The molecule has 144 valence electrons. The van der Waals surface area contributed by atoms with Crippen molar-refractivity contribution in [3.63, 3.8) is 0 Å². The normalized spacial score (nSPS) is 10.7. The molecule has 7 heteroatoms. The van der Waals surface area contributed by atoms with Crippen molar-refractivity contribution in [2.24, 2.45) is 5.73 Å². The molecule has 0 aliphatic heterocycles. The molecule has 0 atom stereocenters. The first-order chi connectivity index (χ1) is 13.3. The van der Waals surface area contributed by atoms with Crippen molar-refractivity contribution >= 4 is 11.6 Å². The molecule has 3 aromatic carbocycles. The van der Waals surface area contributed by atoms with Crippen LogP contribution in [0.4, 0.5) is 23.2 Å². The zero-order valence-corrected chi connectivity index (χ0v) is 14.6. The van der Waals surface area contributed by atoms with Gasteiger partial charge in [0, 0.05) is 13.1 Å². The molecule has 0 radical (unpaired) electrons. The molecule has 0 unspecified atom stereocenters. The van der Waals surface area contributed by atoms with E-state index in [9.17, 15) is 22.4 Å². The molecule has 0 aromatic heterocycles. The van der Waals surface area contributed by atoms with Crippen molar-refractivity contribution in [1.29, 1.82) is 0 Å². The molecule has 0 aliphatic carbocycles. The number of hydrogen-bond acceptors (Lipinski definition) is 2. The zero-order valence-electron chi connectivity index (χ0n) is 14.6. The number of carbonyl (C=O) groups excluding carboxylic acids is 1. The number of nitrogens with two attached hydrogens (primary N) is 1. The maximum absolute atomic E-state index is 14.9. The quantitative estimate of drug-likeness (QED) is 0.630. The number of carbonyl (C=O) groups is 1. The highest BCUT2D eigenvalue weighted by Gasteiger charge is 2.22. The van der Waals surface area contributed by atoms with Gasteiger partial charge in [-0.1, -0.05) is 24.3 Å². The van der Waals surface area contributed by atoms with Gasteiger partial charge in [-0.15, -0.1) is 0 Å². The molecule has 28 heavy (non-hydrogen) atoms. The van der Waals surface area contributed by atoms with Gasteiger partial charge in [0.25, 0.3) is 5.91 Å². The van der Waals surface area contributed by atoms with Gasteiger partial charge < -0.3 is 10.6 Å². The van der Waals surface area contributed by atoms with Crippen molar-refractivity contribution in [1.82, 2.24) is 0 Å². The van der Waals surface area contributed by atoms with Crippen LogP contribution in [0.2, 0.25) is 0 Å². The number of anilines is 1. The van der Waals surface area contributed by atoms with Gasteiger partial charge in [0.2, 0.25) is 0 Å². The molecule has 1 amide bonds. The van der Waals surface area contributed by atoms with E-state index in [4.69, 9.17) is 5.73 Å². The van der Waals surface area contributed by atoms with E-state index in [0.29, 0.717) is 11.1 Å². The molecule has 3 aromatic rings. The van der Waals surface area contributed by atoms with Gasteiger partial charge >= 0.3 is 0 Å². The highest BCUT2D eigenvalue weighted by Crippen LogP contribution is 2.27. The maximum Gasteiger partial charge on any atom is 0.254 e. The molecule has 0 aliphatic rings. The van der Waals surface area contributed by atoms with E-state index in [0.717, 1.165) is 6.07 Å². The summed E-state index contributed by atoms with van der Waals surface area (Å²) in [5, 5.41) is 0. The Morgan fingerprint density at radius 1 is 0.750 bits per heavy atom. The molecule has 3 rings (SSSR count). The van der Waals surface area contributed by atoms with Gasteiger partial charge in [0.1, 0.15) is 23.0 Å². The van der Waals surface area contributed by atoms with Gasteiger partial charge in [0.15, 0.2) is 5.82 Å². The topological polar surface area (TPSA) is 46.3 Å². The first-order valence-electron chi connectivity index (χ1n) is 8.37. The standard InChI is InChI=1S/C21H16F4N2O/c22-15-5-1-13(2-6-15)11-27(12-14-3-7-16(23)8-4-14)18-10-9-17(24)19(20(18)25)21(26)28/h1-10H,11-12H2,(H2,26,28). The highest BCUT2D eigenvalue weighted by molar-refractivity contribution is 5.94. The van der Waals surface area contributed by atoms with E-state index >= 15 is 0 Å². The number of nitrogens with zero attached hydrogens (tertiary/aromatic N) is 1. The van der Waals surface area contributed by atoms with Crippen LogP contribution in [-0.4, -0.2) is 5.91 Å². The summed E-state index contributed by atoms with van der Waals surface area (Å²) in [6.45, 7) is 0.275. The Morgan fingerprint density at radius 2 is 1.21 bits per heavy atom. The minimum absolute atomic E-state index is 0.0520. The zero-order chi connectivity index (χ0) is 20.3. The predicted molar refractivity (Wildman–Crippen MR) is 97.6 cm³/mol. The molecule has 0 heterocycles. The Morgan fingerprint density at radius 3 is 1.64 bits per heavy atom. The van der Waals surface area contributed by atoms with Gasteiger partial charge in [0.05, 0.1) is 5.69 Å². The average Bonchev–Trinajstić information content (AvgIpc) is 2.65. The van der Waals surface area contributed by atoms with E-state index in [-0.39, 0.29) is 18.8 Å². The van der Waals surface area contributed by atoms with Crippen LogP contribution < -0.4 is 10.6 Å². The van der Waals surface area contributed by atoms with Crippen molar-refractivity contribution < 1.29 is 22.4 Å². The Hall–Kier alpha value is -3.35. The maximum atomic E-state index is 14.9. The fraction of sp³-hybridized carbons (Fsp3) is 0.0952. The average molecular weight is 388 g/mol. The van der Waals surface area contributed by atoms with Crippen molar-refractivity contribution in [3.05, 3.63) is 101 Å². The molecule has 0 saturated heterocycles. The number of benzene rings is 3. The first kappa shape index (κ1) is 19.4. The second kappa shape index (κ2) is 8.12. The van der Waals surface area contributed by atoms with Gasteiger partial charge in [-0.3, -0.25) is 4.79 Å². The smallest absolute Gasteiger partial charge is 0.254 e. The summed E-state index contributed by atoms with van der Waals surface area (Å²) in [6, 6.07) is 13.3. The lowest BCUT2D eigenvalue weighted by molar-refractivity contribution is 0.0992. The second-order valence-corrected chi connectivity index (χ2v) is 6.23. The molecule has 0 spiro atoms. The molecule has 0 fully saturated rings. The van der Waals surface area contributed by atoms with E-state index in [1.807, 2.05) is 0 Å². The Bertz CT molecular complexity index is 941. The molecule has 2 N–H and O–H groups in total. The lowest BCUT2D eigenvalue weighted by atomic mass is 10.1. The molecule has 0 bridgehead atoms. The largest absolute Gasteiger partial charge is 0.365 e. The molecular weight excluding hydrogens is 372 g/mol. The van der Waals surface area contributed by atoms with Crippen LogP contribution in [0.5, 0.6) is 0 Å². The molecular formula is C21H16F4N2O. The third-order valence-corrected chi connectivity index (χ3v) is 4.23. The third-order valence-electron chi connectivity index (χ3n) is 4.23. The summed E-state index contributed by atoms with van der Waals surface area (Å²) in [5.74, 6) is -4.20. The molecule has 0 saturated carbocycles. The SMILES string of the molecule is NC(=O)c1c(F)ccc(N(Cc2ccc(F)cc2)Cc2ccc(F)cc2)c1F. The number of amides is 1. The van der Waals surface area contributed by atoms with Crippen LogP contribution in [-0.2, 0) is 13.1 Å². The summed E-state index contributed by atoms with van der Waals surface area (Å²) >= 11 is 0. The van der Waals surface area contributed by atoms with E-state index < -0.39 is 34.7 Å². The van der Waals surface area contributed by atoms with Crippen molar-refractivity contribution in [2.75, 3.05) is 4.90 Å². The van der Waals surface area contributed by atoms with Crippen molar-refractivity contribution in [2.45, 2.75) is 13.1 Å². The number of primary amides is 1. The van der Waals surface area contributed by atoms with Crippen LogP contribution in [0.25, 0.3) is 0 Å².